The molecule has 0 spiro atoms. The van der Waals surface area contributed by atoms with Gasteiger partial charge in [-0.05, 0) is 12.1 Å². The highest BCUT2D eigenvalue weighted by molar-refractivity contribution is 7.86. The molecule has 1 aliphatic rings. The van der Waals surface area contributed by atoms with E-state index in [9.17, 15) is 13.2 Å². The lowest BCUT2D eigenvalue weighted by Crippen LogP contribution is -2.51. The first kappa shape index (κ1) is 17.0. The zero-order valence-corrected chi connectivity index (χ0v) is 14.6. The predicted octanol–water partition coefficient (Wildman–Crippen LogP) is -0.153. The summed E-state index contributed by atoms with van der Waals surface area (Å²) in [4.78, 5) is 21.5. The second kappa shape index (κ2) is 6.60. The van der Waals surface area contributed by atoms with Crippen LogP contribution in [0.5, 0.6) is 0 Å². The van der Waals surface area contributed by atoms with Gasteiger partial charge in [-0.25, -0.2) is 4.98 Å². The Morgan fingerprint density at radius 3 is 2.50 bits per heavy atom. The maximum absolute atomic E-state index is 12.1. The van der Waals surface area contributed by atoms with Crippen LogP contribution in [0.15, 0.2) is 29.1 Å². The zero-order valence-electron chi connectivity index (χ0n) is 13.8. The number of rotatable bonds is 4. The van der Waals surface area contributed by atoms with Gasteiger partial charge in [-0.1, -0.05) is 12.1 Å². The molecule has 0 radical (unpaired) electrons. The van der Waals surface area contributed by atoms with Crippen molar-refractivity contribution in [3.63, 3.8) is 0 Å². The molecule has 1 aromatic heterocycles. The third-order valence-corrected chi connectivity index (χ3v) is 6.09. The van der Waals surface area contributed by atoms with E-state index in [0.717, 1.165) is 0 Å². The Morgan fingerprint density at radius 2 is 1.83 bits per heavy atom. The monoisotopic (exact) mass is 351 g/mol. The number of nitrogens with zero attached hydrogens (tertiary/aromatic N) is 4. The van der Waals surface area contributed by atoms with E-state index in [1.807, 2.05) is 18.2 Å². The van der Waals surface area contributed by atoms with Gasteiger partial charge in [0.15, 0.2) is 0 Å². The molecular weight excluding hydrogens is 330 g/mol. The molecule has 2 heterocycles. The van der Waals surface area contributed by atoms with Crippen LogP contribution in [0.25, 0.3) is 10.9 Å². The Morgan fingerprint density at radius 1 is 1.17 bits per heavy atom. The van der Waals surface area contributed by atoms with Gasteiger partial charge >= 0.3 is 0 Å². The van der Waals surface area contributed by atoms with Gasteiger partial charge < -0.3 is 4.98 Å². The van der Waals surface area contributed by atoms with Gasteiger partial charge in [-0.3, -0.25) is 9.69 Å². The second-order valence-corrected chi connectivity index (χ2v) is 8.14. The fraction of sp³-hybridized carbons (Fsp3) is 0.467. The largest absolute Gasteiger partial charge is 0.309 e. The van der Waals surface area contributed by atoms with Crippen molar-refractivity contribution < 1.29 is 8.42 Å². The number of nitrogens with one attached hydrogen (secondary N) is 1. The Balaban J connectivity index is 1.70. The van der Waals surface area contributed by atoms with Gasteiger partial charge in [0.05, 0.1) is 17.4 Å². The molecule has 0 aliphatic carbocycles. The topological polar surface area (TPSA) is 89.6 Å². The van der Waals surface area contributed by atoms with Gasteiger partial charge in [0, 0.05) is 40.3 Å². The minimum atomic E-state index is -3.37. The molecule has 1 aliphatic heterocycles. The first-order valence-electron chi connectivity index (χ1n) is 7.76. The van der Waals surface area contributed by atoms with Crippen LogP contribution in [0.3, 0.4) is 0 Å². The van der Waals surface area contributed by atoms with E-state index in [-0.39, 0.29) is 5.56 Å². The smallest absolute Gasteiger partial charge is 0.281 e. The van der Waals surface area contributed by atoms with Crippen molar-refractivity contribution in [3.8, 4) is 0 Å². The summed E-state index contributed by atoms with van der Waals surface area (Å²) in [7, 11) is -0.299. The molecule has 1 aromatic carbocycles. The number of H-pyrrole nitrogens is 1. The van der Waals surface area contributed by atoms with Crippen molar-refractivity contribution in [2.45, 2.75) is 6.54 Å². The lowest BCUT2D eigenvalue weighted by Gasteiger charge is -2.34. The third kappa shape index (κ3) is 3.34. The van der Waals surface area contributed by atoms with E-state index in [2.05, 4.69) is 14.9 Å². The van der Waals surface area contributed by atoms with Gasteiger partial charge in [0.1, 0.15) is 5.82 Å². The second-order valence-electron chi connectivity index (χ2n) is 6.00. The van der Waals surface area contributed by atoms with Gasteiger partial charge in [0.2, 0.25) is 0 Å². The number of piperazine rings is 1. The van der Waals surface area contributed by atoms with Gasteiger partial charge in [-0.15, -0.1) is 0 Å². The SMILES string of the molecule is CN(C)S(=O)(=O)N1CCN(Cc2nc3ccccc3c(=O)[nH]2)CC1. The van der Waals surface area contributed by atoms with Crippen molar-refractivity contribution in [2.24, 2.45) is 0 Å². The minimum absolute atomic E-state index is 0.149. The predicted molar refractivity (Wildman–Crippen MR) is 91.8 cm³/mol. The van der Waals surface area contributed by atoms with Crippen LogP contribution < -0.4 is 5.56 Å². The van der Waals surface area contributed by atoms with Crippen LogP contribution in [0.1, 0.15) is 5.82 Å². The molecule has 1 N–H and O–H groups in total. The number of aromatic amines is 1. The van der Waals surface area contributed by atoms with E-state index < -0.39 is 10.2 Å². The molecule has 8 nitrogen and oxygen atoms in total. The molecule has 0 unspecified atom stereocenters. The van der Waals surface area contributed by atoms with Gasteiger partial charge in [0.25, 0.3) is 15.8 Å². The zero-order chi connectivity index (χ0) is 17.3. The number of para-hydroxylation sites is 1. The van der Waals surface area contributed by atoms with Crippen molar-refractivity contribution in [1.29, 1.82) is 0 Å². The first-order valence-corrected chi connectivity index (χ1v) is 9.15. The fourth-order valence-corrected chi connectivity index (χ4v) is 3.86. The average molecular weight is 351 g/mol. The Hall–Kier alpha value is -1.81. The number of fused-ring (bicyclic) bond motifs is 1. The summed E-state index contributed by atoms with van der Waals surface area (Å²) in [5.41, 5.74) is 0.523. The maximum Gasteiger partial charge on any atom is 0.281 e. The number of hydrogen-bond donors (Lipinski definition) is 1. The molecule has 2 aromatic rings. The highest BCUT2D eigenvalue weighted by Crippen LogP contribution is 2.12. The van der Waals surface area contributed by atoms with Crippen LogP contribution in [0, 0.1) is 0 Å². The molecule has 3 rings (SSSR count). The Bertz CT molecular complexity index is 885. The highest BCUT2D eigenvalue weighted by Gasteiger charge is 2.28. The van der Waals surface area contributed by atoms with E-state index in [1.54, 1.807) is 6.07 Å². The van der Waals surface area contributed by atoms with Gasteiger partial charge in [-0.2, -0.15) is 17.0 Å². The molecule has 24 heavy (non-hydrogen) atoms. The molecule has 0 bridgehead atoms. The summed E-state index contributed by atoms with van der Waals surface area (Å²) in [5, 5.41) is 0.572. The highest BCUT2D eigenvalue weighted by atomic mass is 32.2. The third-order valence-electron chi connectivity index (χ3n) is 4.15. The molecule has 0 saturated carbocycles. The summed E-state index contributed by atoms with van der Waals surface area (Å²) in [6, 6.07) is 7.22. The van der Waals surface area contributed by atoms with Crippen molar-refractivity contribution in [1.82, 2.24) is 23.5 Å². The first-order chi connectivity index (χ1) is 11.4. The normalized spacial score (nSPS) is 17.6. The van der Waals surface area contributed by atoms with E-state index in [1.165, 1.54) is 22.7 Å². The minimum Gasteiger partial charge on any atom is -0.309 e. The Labute approximate surface area is 140 Å². The summed E-state index contributed by atoms with van der Waals surface area (Å²) in [6.45, 7) is 2.56. The van der Waals surface area contributed by atoms with Crippen LogP contribution in [-0.4, -0.2) is 72.2 Å². The standard InChI is InChI=1S/C15H21N5O3S/c1-18(2)24(22,23)20-9-7-19(8-10-20)11-14-16-13-6-4-3-5-12(13)15(21)17-14/h3-6H,7-11H2,1-2H3,(H,16,17,21). The molecular formula is C15H21N5O3S. The summed E-state index contributed by atoms with van der Waals surface area (Å²) < 4.78 is 26.9. The van der Waals surface area contributed by atoms with Crippen LogP contribution >= 0.6 is 0 Å². The molecule has 1 fully saturated rings. The van der Waals surface area contributed by atoms with Crippen molar-refractivity contribution >= 4 is 21.1 Å². The molecule has 130 valence electrons. The number of benzene rings is 1. The molecule has 0 amide bonds. The molecule has 1 saturated heterocycles. The number of aromatic nitrogens is 2. The van der Waals surface area contributed by atoms with E-state index in [0.29, 0.717) is 49.5 Å². The summed E-state index contributed by atoms with van der Waals surface area (Å²) in [6.07, 6.45) is 0. The summed E-state index contributed by atoms with van der Waals surface area (Å²) >= 11 is 0. The fourth-order valence-electron chi connectivity index (χ4n) is 2.77. The van der Waals surface area contributed by atoms with E-state index in [4.69, 9.17) is 0 Å². The Kier molecular flexibility index (Phi) is 4.68. The molecule has 9 heteroatoms. The molecule has 0 atom stereocenters. The lowest BCUT2D eigenvalue weighted by atomic mass is 10.2. The van der Waals surface area contributed by atoms with Crippen LogP contribution in [0.4, 0.5) is 0 Å². The van der Waals surface area contributed by atoms with Crippen molar-refractivity contribution in [2.75, 3.05) is 40.3 Å². The van der Waals surface area contributed by atoms with Crippen LogP contribution in [-0.2, 0) is 16.8 Å². The van der Waals surface area contributed by atoms with Crippen molar-refractivity contribution in [3.05, 3.63) is 40.4 Å². The summed E-state index contributed by atoms with van der Waals surface area (Å²) in [5.74, 6) is 0.600. The lowest BCUT2D eigenvalue weighted by molar-refractivity contribution is 0.174. The van der Waals surface area contributed by atoms with E-state index >= 15 is 0 Å². The van der Waals surface area contributed by atoms with Crippen LogP contribution in [0.2, 0.25) is 0 Å². The quantitative estimate of drug-likeness (QED) is 0.827. The average Bonchev–Trinajstić information content (AvgIpc) is 2.55. The number of hydrogen-bond acceptors (Lipinski definition) is 5. The maximum atomic E-state index is 12.1.